The third-order valence-corrected chi connectivity index (χ3v) is 4.76. The number of carbonyl (C=O) groups excluding carboxylic acids is 2. The molecule has 2 aromatic rings. The molecular weight excluding hydrogens is 356 g/mol. The van der Waals surface area contributed by atoms with Gasteiger partial charge in [-0.25, -0.2) is 13.6 Å². The van der Waals surface area contributed by atoms with Gasteiger partial charge in [0.15, 0.2) is 11.9 Å². The maximum absolute atomic E-state index is 12.3. The van der Waals surface area contributed by atoms with Crippen LogP contribution >= 0.6 is 0 Å². The number of aryl methyl sites for hydroxylation is 1. The van der Waals surface area contributed by atoms with Crippen LogP contribution in [0.25, 0.3) is 0 Å². The van der Waals surface area contributed by atoms with E-state index in [1.54, 1.807) is 50.2 Å². The van der Waals surface area contributed by atoms with Crippen molar-refractivity contribution in [2.75, 3.05) is 5.32 Å². The summed E-state index contributed by atoms with van der Waals surface area (Å²) >= 11 is 0. The topological polar surface area (TPSA) is 116 Å². The van der Waals surface area contributed by atoms with E-state index in [9.17, 15) is 18.0 Å². The van der Waals surface area contributed by atoms with Crippen LogP contribution in [-0.2, 0) is 14.8 Å². The van der Waals surface area contributed by atoms with Gasteiger partial charge in [0.05, 0.1) is 4.90 Å². The molecule has 26 heavy (non-hydrogen) atoms. The molecule has 0 spiro atoms. The number of ether oxygens (including phenoxy) is 1. The van der Waals surface area contributed by atoms with Crippen molar-refractivity contribution < 1.29 is 22.7 Å². The van der Waals surface area contributed by atoms with E-state index in [1.807, 2.05) is 0 Å². The highest BCUT2D eigenvalue weighted by Gasteiger charge is 2.17. The normalized spacial score (nSPS) is 12.3. The number of benzene rings is 2. The fourth-order valence-electron chi connectivity index (χ4n) is 2.25. The van der Waals surface area contributed by atoms with Crippen LogP contribution in [0.5, 0.6) is 5.75 Å². The number of rotatable bonds is 6. The van der Waals surface area contributed by atoms with Crippen LogP contribution in [0.1, 0.15) is 29.8 Å². The molecule has 0 aromatic heterocycles. The quantitative estimate of drug-likeness (QED) is 0.750. The lowest BCUT2D eigenvalue weighted by Crippen LogP contribution is -2.30. The molecule has 138 valence electrons. The summed E-state index contributed by atoms with van der Waals surface area (Å²) in [7, 11) is -3.88. The van der Waals surface area contributed by atoms with Crippen molar-refractivity contribution in [2.24, 2.45) is 5.14 Å². The van der Waals surface area contributed by atoms with Crippen LogP contribution in [0.15, 0.2) is 47.4 Å². The second-order valence-electron chi connectivity index (χ2n) is 5.86. The first kappa shape index (κ1) is 19.6. The molecule has 0 fully saturated rings. The Balaban J connectivity index is 2.08. The van der Waals surface area contributed by atoms with Gasteiger partial charge in [0, 0.05) is 11.3 Å². The number of hydrogen-bond donors (Lipinski definition) is 2. The van der Waals surface area contributed by atoms with E-state index in [2.05, 4.69) is 5.32 Å². The second kappa shape index (κ2) is 7.67. The predicted molar refractivity (Wildman–Crippen MR) is 97.7 cm³/mol. The number of sulfonamides is 1. The monoisotopic (exact) mass is 376 g/mol. The second-order valence-corrected chi connectivity index (χ2v) is 7.39. The molecule has 2 aromatic carbocycles. The van der Waals surface area contributed by atoms with Crippen LogP contribution < -0.4 is 15.2 Å². The summed E-state index contributed by atoms with van der Waals surface area (Å²) in [5.41, 5.74) is 1.33. The van der Waals surface area contributed by atoms with Crippen molar-refractivity contribution in [3.8, 4) is 5.75 Å². The van der Waals surface area contributed by atoms with Crippen molar-refractivity contribution >= 4 is 27.4 Å². The molecule has 0 radical (unpaired) electrons. The van der Waals surface area contributed by atoms with Crippen LogP contribution in [0, 0.1) is 6.92 Å². The van der Waals surface area contributed by atoms with E-state index in [0.717, 1.165) is 0 Å². The van der Waals surface area contributed by atoms with Gasteiger partial charge in [-0.2, -0.15) is 0 Å². The molecule has 0 aliphatic carbocycles. The Morgan fingerprint density at radius 1 is 1.12 bits per heavy atom. The molecule has 0 bridgehead atoms. The summed E-state index contributed by atoms with van der Waals surface area (Å²) in [4.78, 5) is 23.5. The molecular formula is C18H20N2O5S. The van der Waals surface area contributed by atoms with Gasteiger partial charge < -0.3 is 10.1 Å². The summed E-state index contributed by atoms with van der Waals surface area (Å²) < 4.78 is 28.7. The highest BCUT2D eigenvalue weighted by atomic mass is 32.2. The zero-order chi connectivity index (χ0) is 19.5. The standard InChI is InChI=1S/C18H20N2O5S/c1-11-4-7-15(10-17(11)26(19,23)24)20-18(22)13(3)25-16-8-5-14(6-9-16)12(2)21/h4-10,13H,1-3H3,(H,20,22)(H2,19,23,24). The van der Waals surface area contributed by atoms with Gasteiger partial charge in [0.1, 0.15) is 5.75 Å². The minimum Gasteiger partial charge on any atom is -0.481 e. The third-order valence-electron chi connectivity index (χ3n) is 3.71. The number of Topliss-reactive ketones (excluding diaryl/α,β-unsaturated/α-hetero) is 1. The molecule has 1 amide bonds. The molecule has 7 nitrogen and oxygen atoms in total. The average Bonchev–Trinajstić information content (AvgIpc) is 2.56. The number of nitrogens with two attached hydrogens (primary N) is 1. The molecule has 2 rings (SSSR count). The van der Waals surface area contributed by atoms with Crippen molar-refractivity contribution in [2.45, 2.75) is 31.8 Å². The van der Waals surface area contributed by atoms with Gasteiger partial charge in [-0.05, 0) is 62.7 Å². The average molecular weight is 376 g/mol. The first-order valence-corrected chi connectivity index (χ1v) is 9.34. The Morgan fingerprint density at radius 2 is 1.73 bits per heavy atom. The van der Waals surface area contributed by atoms with Crippen LogP contribution in [-0.4, -0.2) is 26.2 Å². The van der Waals surface area contributed by atoms with Gasteiger partial charge >= 0.3 is 0 Å². The maximum atomic E-state index is 12.3. The lowest BCUT2D eigenvalue weighted by atomic mass is 10.1. The predicted octanol–water partition coefficient (Wildman–Crippen LogP) is 2.25. The molecule has 3 N–H and O–H groups in total. The minimum atomic E-state index is -3.88. The van der Waals surface area contributed by atoms with Crippen LogP contribution in [0.3, 0.4) is 0 Å². The van der Waals surface area contributed by atoms with E-state index >= 15 is 0 Å². The van der Waals surface area contributed by atoms with Crippen LogP contribution in [0.4, 0.5) is 5.69 Å². The Bertz CT molecular complexity index is 937. The first-order valence-electron chi connectivity index (χ1n) is 7.80. The number of anilines is 1. The maximum Gasteiger partial charge on any atom is 0.265 e. The number of nitrogens with one attached hydrogen (secondary N) is 1. The van der Waals surface area contributed by atoms with E-state index in [0.29, 0.717) is 22.6 Å². The van der Waals surface area contributed by atoms with Gasteiger partial charge in [-0.15, -0.1) is 0 Å². The molecule has 0 aliphatic rings. The fourth-order valence-corrected chi connectivity index (χ4v) is 3.06. The van der Waals surface area contributed by atoms with E-state index in [1.165, 1.54) is 13.0 Å². The van der Waals surface area contributed by atoms with E-state index in [-0.39, 0.29) is 10.7 Å². The summed E-state index contributed by atoms with van der Waals surface area (Å²) in [6.07, 6.45) is -0.836. The van der Waals surface area contributed by atoms with E-state index < -0.39 is 22.0 Å². The van der Waals surface area contributed by atoms with Crippen molar-refractivity contribution in [1.82, 2.24) is 0 Å². The number of carbonyl (C=O) groups is 2. The number of ketones is 1. The van der Waals surface area contributed by atoms with Crippen LogP contribution in [0.2, 0.25) is 0 Å². The molecule has 0 saturated heterocycles. The Labute approximate surface area is 152 Å². The summed E-state index contributed by atoms with van der Waals surface area (Å²) in [6.45, 7) is 4.63. The van der Waals surface area contributed by atoms with Crippen molar-refractivity contribution in [3.63, 3.8) is 0 Å². The summed E-state index contributed by atoms with van der Waals surface area (Å²) in [5.74, 6) is -0.0796. The number of hydrogen-bond acceptors (Lipinski definition) is 5. The highest BCUT2D eigenvalue weighted by Crippen LogP contribution is 2.20. The zero-order valence-electron chi connectivity index (χ0n) is 14.6. The zero-order valence-corrected chi connectivity index (χ0v) is 15.5. The lowest BCUT2D eigenvalue weighted by molar-refractivity contribution is -0.122. The van der Waals surface area contributed by atoms with Gasteiger partial charge in [0.2, 0.25) is 10.0 Å². The van der Waals surface area contributed by atoms with Gasteiger partial charge in [-0.1, -0.05) is 6.07 Å². The Morgan fingerprint density at radius 3 is 2.27 bits per heavy atom. The minimum absolute atomic E-state index is 0.0521. The smallest absolute Gasteiger partial charge is 0.265 e. The van der Waals surface area contributed by atoms with Gasteiger partial charge in [0.25, 0.3) is 5.91 Å². The lowest BCUT2D eigenvalue weighted by Gasteiger charge is -2.15. The number of primary sulfonamides is 1. The van der Waals surface area contributed by atoms with Crippen molar-refractivity contribution in [3.05, 3.63) is 53.6 Å². The molecule has 1 atom stereocenters. The molecule has 0 saturated carbocycles. The molecule has 1 unspecified atom stereocenters. The molecule has 8 heteroatoms. The fraction of sp³-hybridized carbons (Fsp3) is 0.222. The summed E-state index contributed by atoms with van der Waals surface area (Å²) in [5, 5.41) is 7.76. The Kier molecular flexibility index (Phi) is 5.79. The highest BCUT2D eigenvalue weighted by molar-refractivity contribution is 7.89. The SMILES string of the molecule is CC(=O)c1ccc(OC(C)C(=O)Nc2ccc(C)c(S(N)(=O)=O)c2)cc1. The first-order chi connectivity index (χ1) is 12.1. The Hall–Kier alpha value is -2.71. The third kappa shape index (κ3) is 4.90. The molecule has 0 aliphatic heterocycles. The largest absolute Gasteiger partial charge is 0.481 e. The van der Waals surface area contributed by atoms with Crippen molar-refractivity contribution in [1.29, 1.82) is 0 Å². The molecule has 0 heterocycles. The van der Waals surface area contributed by atoms with Gasteiger partial charge in [-0.3, -0.25) is 9.59 Å². The van der Waals surface area contributed by atoms with E-state index in [4.69, 9.17) is 9.88 Å². The number of amides is 1. The summed E-state index contributed by atoms with van der Waals surface area (Å²) in [6, 6.07) is 10.9.